The smallest absolute Gasteiger partial charge is 0.319 e. The van der Waals surface area contributed by atoms with Crippen molar-refractivity contribution < 1.29 is 14.3 Å². The zero-order valence-electron chi connectivity index (χ0n) is 13.1. The van der Waals surface area contributed by atoms with Crippen LogP contribution in [0.1, 0.15) is 65.7 Å². The Morgan fingerprint density at radius 2 is 2.00 bits per heavy atom. The number of ketones is 1. The fraction of sp³-hybridized carbons (Fsp3) is 0.882. The number of carbonyl (C=O) groups is 2. The van der Waals surface area contributed by atoms with E-state index in [0.717, 1.165) is 32.1 Å². The molecule has 0 bridgehead atoms. The highest BCUT2D eigenvalue weighted by atomic mass is 16.5. The van der Waals surface area contributed by atoms with E-state index in [0.29, 0.717) is 31.3 Å². The van der Waals surface area contributed by atoms with Gasteiger partial charge in [-0.25, -0.2) is 0 Å². The number of esters is 1. The maximum atomic E-state index is 12.6. The number of ether oxygens (including phenoxy) is 1. The summed E-state index contributed by atoms with van der Waals surface area (Å²) in [5.41, 5.74) is -0.817. The first-order valence-corrected chi connectivity index (χ1v) is 8.22. The monoisotopic (exact) mass is 280 g/mol. The summed E-state index contributed by atoms with van der Waals surface area (Å²) in [6.07, 6.45) is 6.28. The number of hydrogen-bond donors (Lipinski definition) is 0. The molecular formula is C17H28O3. The van der Waals surface area contributed by atoms with Crippen LogP contribution in [-0.4, -0.2) is 18.4 Å². The Balaban J connectivity index is 2.26. The van der Waals surface area contributed by atoms with Crippen molar-refractivity contribution >= 4 is 11.8 Å². The summed E-state index contributed by atoms with van der Waals surface area (Å²) in [5, 5.41) is 0. The van der Waals surface area contributed by atoms with Crippen molar-refractivity contribution in [2.75, 3.05) is 6.61 Å². The Labute approximate surface area is 122 Å². The van der Waals surface area contributed by atoms with E-state index in [-0.39, 0.29) is 17.7 Å². The van der Waals surface area contributed by atoms with Gasteiger partial charge >= 0.3 is 5.97 Å². The molecule has 0 aliphatic heterocycles. The molecule has 0 N–H and O–H groups in total. The van der Waals surface area contributed by atoms with Gasteiger partial charge in [0.25, 0.3) is 0 Å². The summed E-state index contributed by atoms with van der Waals surface area (Å²) in [6.45, 7) is 6.72. The Hall–Kier alpha value is -0.860. The van der Waals surface area contributed by atoms with E-state index in [1.165, 1.54) is 0 Å². The molecule has 114 valence electrons. The van der Waals surface area contributed by atoms with Gasteiger partial charge in [0.2, 0.25) is 0 Å². The number of carbonyl (C=O) groups excluding carboxylic acids is 2. The number of Topliss-reactive ketones (excluding diaryl/α,β-unsaturated/α-hetero) is 1. The van der Waals surface area contributed by atoms with Crippen molar-refractivity contribution in [3.8, 4) is 0 Å². The first kappa shape index (κ1) is 15.5. The highest BCUT2D eigenvalue weighted by molar-refractivity contribution is 6.04. The van der Waals surface area contributed by atoms with Gasteiger partial charge in [0.15, 0.2) is 0 Å². The maximum absolute atomic E-state index is 12.6. The van der Waals surface area contributed by atoms with E-state index >= 15 is 0 Å². The third kappa shape index (κ3) is 2.64. The lowest BCUT2D eigenvalue weighted by Gasteiger charge is -2.44. The summed E-state index contributed by atoms with van der Waals surface area (Å²) < 4.78 is 5.31. The van der Waals surface area contributed by atoms with Crippen molar-refractivity contribution in [3.63, 3.8) is 0 Å². The molecule has 20 heavy (non-hydrogen) atoms. The SMILES string of the molecule is CCOC(=O)C1(C2CCC(C)C(C)C2)CCCCC1=O. The molecule has 2 fully saturated rings. The van der Waals surface area contributed by atoms with Gasteiger partial charge in [-0.1, -0.05) is 26.7 Å². The summed E-state index contributed by atoms with van der Waals surface area (Å²) in [7, 11) is 0. The highest BCUT2D eigenvalue weighted by Gasteiger charge is 2.54. The van der Waals surface area contributed by atoms with Crippen molar-refractivity contribution in [2.45, 2.75) is 65.7 Å². The topological polar surface area (TPSA) is 43.4 Å². The van der Waals surface area contributed by atoms with Crippen molar-refractivity contribution in [1.29, 1.82) is 0 Å². The molecule has 0 heterocycles. The van der Waals surface area contributed by atoms with Gasteiger partial charge in [-0.2, -0.15) is 0 Å². The molecule has 3 nitrogen and oxygen atoms in total. The van der Waals surface area contributed by atoms with Crippen LogP contribution in [0.5, 0.6) is 0 Å². The molecule has 0 saturated heterocycles. The maximum Gasteiger partial charge on any atom is 0.319 e. The molecule has 2 rings (SSSR count). The first-order chi connectivity index (χ1) is 9.52. The molecule has 3 heteroatoms. The zero-order valence-corrected chi connectivity index (χ0v) is 13.1. The van der Waals surface area contributed by atoms with Gasteiger partial charge in [0.05, 0.1) is 6.61 Å². The highest BCUT2D eigenvalue weighted by Crippen LogP contribution is 2.49. The lowest BCUT2D eigenvalue weighted by Crippen LogP contribution is -2.50. The summed E-state index contributed by atoms with van der Waals surface area (Å²) in [4.78, 5) is 25.2. The fourth-order valence-electron chi connectivity index (χ4n) is 4.12. The summed E-state index contributed by atoms with van der Waals surface area (Å²) in [6, 6.07) is 0. The molecule has 0 aromatic rings. The Bertz CT molecular complexity index is 376. The minimum Gasteiger partial charge on any atom is -0.465 e. The second-order valence-electron chi connectivity index (χ2n) is 6.79. The first-order valence-electron chi connectivity index (χ1n) is 8.22. The largest absolute Gasteiger partial charge is 0.465 e. The van der Waals surface area contributed by atoms with Crippen LogP contribution in [-0.2, 0) is 14.3 Å². The molecule has 0 aromatic carbocycles. The third-order valence-corrected chi connectivity index (χ3v) is 5.66. The Morgan fingerprint density at radius 1 is 1.25 bits per heavy atom. The normalized spacial score (nSPS) is 38.5. The predicted octanol–water partition coefficient (Wildman–Crippen LogP) is 3.75. The van der Waals surface area contributed by atoms with Crippen LogP contribution in [0.3, 0.4) is 0 Å². The van der Waals surface area contributed by atoms with Crippen LogP contribution < -0.4 is 0 Å². The second-order valence-corrected chi connectivity index (χ2v) is 6.79. The molecule has 0 aromatic heterocycles. The van der Waals surface area contributed by atoms with Gasteiger partial charge in [-0.15, -0.1) is 0 Å². The number of rotatable bonds is 3. The molecule has 0 spiro atoms. The van der Waals surface area contributed by atoms with Crippen molar-refractivity contribution in [2.24, 2.45) is 23.2 Å². The van der Waals surface area contributed by atoms with E-state index in [4.69, 9.17) is 4.74 Å². The average Bonchev–Trinajstić information content (AvgIpc) is 2.43. The average molecular weight is 280 g/mol. The van der Waals surface area contributed by atoms with Gasteiger partial charge in [0, 0.05) is 6.42 Å². The van der Waals surface area contributed by atoms with Crippen LogP contribution in [0.4, 0.5) is 0 Å². The van der Waals surface area contributed by atoms with Gasteiger partial charge in [-0.05, 0) is 50.4 Å². The molecule has 4 atom stereocenters. The Kier molecular flexibility index (Phi) is 4.87. The van der Waals surface area contributed by atoms with Crippen molar-refractivity contribution in [1.82, 2.24) is 0 Å². The molecule has 2 aliphatic rings. The summed E-state index contributed by atoms with van der Waals surface area (Å²) in [5.74, 6) is 1.39. The lowest BCUT2D eigenvalue weighted by atomic mass is 9.58. The van der Waals surface area contributed by atoms with Gasteiger partial charge in [0.1, 0.15) is 11.2 Å². The van der Waals surface area contributed by atoms with Gasteiger partial charge < -0.3 is 4.74 Å². The predicted molar refractivity (Wildman–Crippen MR) is 78.2 cm³/mol. The lowest BCUT2D eigenvalue weighted by molar-refractivity contribution is -0.168. The third-order valence-electron chi connectivity index (χ3n) is 5.66. The van der Waals surface area contributed by atoms with Crippen LogP contribution in [0, 0.1) is 23.2 Å². The van der Waals surface area contributed by atoms with E-state index in [2.05, 4.69) is 13.8 Å². The molecule has 2 aliphatic carbocycles. The molecule has 2 saturated carbocycles. The van der Waals surface area contributed by atoms with E-state index in [1.807, 2.05) is 6.92 Å². The van der Waals surface area contributed by atoms with Crippen LogP contribution in [0.15, 0.2) is 0 Å². The van der Waals surface area contributed by atoms with Crippen LogP contribution in [0.2, 0.25) is 0 Å². The standard InChI is InChI=1S/C17H28O3/c1-4-20-16(19)17(10-6-5-7-15(17)18)14-9-8-12(2)13(3)11-14/h12-14H,4-11H2,1-3H3. The summed E-state index contributed by atoms with van der Waals surface area (Å²) >= 11 is 0. The molecule has 0 amide bonds. The second kappa shape index (κ2) is 6.28. The van der Waals surface area contributed by atoms with Crippen LogP contribution >= 0.6 is 0 Å². The Morgan fingerprint density at radius 3 is 2.60 bits per heavy atom. The van der Waals surface area contributed by atoms with Crippen LogP contribution in [0.25, 0.3) is 0 Å². The molecule has 0 radical (unpaired) electrons. The molecule has 4 unspecified atom stereocenters. The van der Waals surface area contributed by atoms with E-state index in [9.17, 15) is 9.59 Å². The minimum absolute atomic E-state index is 0.147. The zero-order chi connectivity index (χ0) is 14.8. The quantitative estimate of drug-likeness (QED) is 0.584. The van der Waals surface area contributed by atoms with E-state index < -0.39 is 5.41 Å². The number of hydrogen-bond acceptors (Lipinski definition) is 3. The van der Waals surface area contributed by atoms with Gasteiger partial charge in [-0.3, -0.25) is 9.59 Å². The minimum atomic E-state index is -0.817. The van der Waals surface area contributed by atoms with Crippen molar-refractivity contribution in [3.05, 3.63) is 0 Å². The molecular weight excluding hydrogens is 252 g/mol. The fourth-order valence-corrected chi connectivity index (χ4v) is 4.12. The van der Waals surface area contributed by atoms with E-state index in [1.54, 1.807) is 0 Å².